The van der Waals surface area contributed by atoms with Gasteiger partial charge in [-0.25, -0.2) is 0 Å². The molecular formula is C16H20O6. The Bertz CT molecular complexity index is 457. The monoisotopic (exact) mass is 308 g/mol. The van der Waals surface area contributed by atoms with Crippen molar-refractivity contribution < 1.29 is 28.7 Å². The van der Waals surface area contributed by atoms with Crippen LogP contribution in [0.2, 0.25) is 0 Å². The van der Waals surface area contributed by atoms with E-state index in [0.717, 1.165) is 0 Å². The average Bonchev–Trinajstić information content (AvgIpc) is 2.96. The number of carbonyl (C=O) groups is 4. The summed E-state index contributed by atoms with van der Waals surface area (Å²) in [6, 6.07) is 0. The number of hydrogen-bond acceptors (Lipinski definition) is 6. The first kappa shape index (κ1) is 17.8. The minimum atomic E-state index is -0.399. The molecule has 0 saturated carbocycles. The highest BCUT2D eigenvalue weighted by molar-refractivity contribution is 5.95. The smallest absolute Gasteiger partial charge is 0.317 e. The summed E-state index contributed by atoms with van der Waals surface area (Å²) in [7, 11) is 0. The van der Waals surface area contributed by atoms with Crippen LogP contribution < -0.4 is 0 Å². The van der Waals surface area contributed by atoms with Gasteiger partial charge in [0.2, 0.25) is 0 Å². The Hall–Kier alpha value is -2.24. The first-order valence-corrected chi connectivity index (χ1v) is 7.19. The standard InChI is InChI=1S/2C8H10O3/c2*1-2-3-4-6-5-7(9)11-8(6)10/h2*2-3,6H,4-5H2,1H3/b3-2+;3-2-. The molecule has 2 rings (SSSR count). The number of esters is 4. The van der Waals surface area contributed by atoms with Gasteiger partial charge in [-0.2, -0.15) is 0 Å². The van der Waals surface area contributed by atoms with E-state index >= 15 is 0 Å². The summed E-state index contributed by atoms with van der Waals surface area (Å²) in [5.74, 6) is -2.03. The minimum Gasteiger partial charge on any atom is -0.393 e. The third kappa shape index (κ3) is 5.63. The van der Waals surface area contributed by atoms with Crippen molar-refractivity contribution in [2.75, 3.05) is 0 Å². The van der Waals surface area contributed by atoms with Crippen LogP contribution in [0, 0.1) is 11.8 Å². The number of hydrogen-bond donors (Lipinski definition) is 0. The molecule has 2 aliphatic rings. The van der Waals surface area contributed by atoms with Crippen LogP contribution in [0.25, 0.3) is 0 Å². The normalized spacial score (nSPS) is 24.6. The Morgan fingerprint density at radius 1 is 0.818 bits per heavy atom. The van der Waals surface area contributed by atoms with Crippen molar-refractivity contribution in [1.29, 1.82) is 0 Å². The molecule has 2 unspecified atom stereocenters. The van der Waals surface area contributed by atoms with Gasteiger partial charge in [0, 0.05) is 0 Å². The molecule has 6 nitrogen and oxygen atoms in total. The van der Waals surface area contributed by atoms with Gasteiger partial charge in [0.15, 0.2) is 0 Å². The molecule has 2 fully saturated rings. The summed E-state index contributed by atoms with van der Waals surface area (Å²) >= 11 is 0. The highest BCUT2D eigenvalue weighted by Gasteiger charge is 2.32. The fourth-order valence-electron chi connectivity index (χ4n) is 2.00. The Morgan fingerprint density at radius 3 is 1.41 bits per heavy atom. The van der Waals surface area contributed by atoms with Crippen molar-refractivity contribution in [2.24, 2.45) is 11.8 Å². The molecule has 0 radical (unpaired) electrons. The average molecular weight is 308 g/mol. The predicted octanol–water partition coefficient (Wildman–Crippen LogP) is 2.08. The van der Waals surface area contributed by atoms with Crippen LogP contribution in [0.4, 0.5) is 0 Å². The van der Waals surface area contributed by atoms with Crippen LogP contribution in [0.15, 0.2) is 24.3 Å². The van der Waals surface area contributed by atoms with Gasteiger partial charge in [0.1, 0.15) is 0 Å². The Kier molecular flexibility index (Phi) is 7.22. The quantitative estimate of drug-likeness (QED) is 0.449. The molecule has 120 valence electrons. The van der Waals surface area contributed by atoms with Crippen LogP contribution >= 0.6 is 0 Å². The zero-order valence-corrected chi connectivity index (χ0v) is 12.7. The maximum Gasteiger partial charge on any atom is 0.317 e. The van der Waals surface area contributed by atoms with Crippen molar-refractivity contribution in [3.63, 3.8) is 0 Å². The second-order valence-electron chi connectivity index (χ2n) is 5.00. The molecular weight excluding hydrogens is 288 g/mol. The molecule has 0 aromatic heterocycles. The molecule has 2 heterocycles. The molecule has 0 aromatic rings. The third-order valence-corrected chi connectivity index (χ3v) is 3.23. The molecule has 22 heavy (non-hydrogen) atoms. The molecule has 2 saturated heterocycles. The van der Waals surface area contributed by atoms with Crippen molar-refractivity contribution in [3.8, 4) is 0 Å². The fourth-order valence-corrected chi connectivity index (χ4v) is 2.00. The van der Waals surface area contributed by atoms with Crippen LogP contribution in [-0.4, -0.2) is 23.9 Å². The number of carbonyl (C=O) groups excluding carboxylic acids is 4. The molecule has 0 aliphatic carbocycles. The lowest BCUT2D eigenvalue weighted by atomic mass is 10.0. The van der Waals surface area contributed by atoms with E-state index in [1.54, 1.807) is 0 Å². The Balaban J connectivity index is 0.000000220. The maximum absolute atomic E-state index is 10.8. The predicted molar refractivity (Wildman–Crippen MR) is 77.3 cm³/mol. The van der Waals surface area contributed by atoms with E-state index < -0.39 is 11.9 Å². The third-order valence-electron chi connectivity index (χ3n) is 3.23. The highest BCUT2D eigenvalue weighted by Crippen LogP contribution is 2.20. The van der Waals surface area contributed by atoms with E-state index in [9.17, 15) is 19.2 Å². The van der Waals surface area contributed by atoms with Gasteiger partial charge in [-0.15, -0.1) is 0 Å². The van der Waals surface area contributed by atoms with Crippen molar-refractivity contribution in [2.45, 2.75) is 39.5 Å². The number of rotatable bonds is 4. The van der Waals surface area contributed by atoms with Crippen LogP contribution in [0.3, 0.4) is 0 Å². The van der Waals surface area contributed by atoms with Crippen molar-refractivity contribution >= 4 is 23.9 Å². The van der Waals surface area contributed by atoms with E-state index in [-0.39, 0.29) is 36.6 Å². The van der Waals surface area contributed by atoms with E-state index in [1.807, 2.05) is 38.2 Å². The molecule has 0 amide bonds. The lowest BCUT2D eigenvalue weighted by Gasteiger charge is -1.96. The summed E-state index contributed by atoms with van der Waals surface area (Å²) < 4.78 is 8.72. The molecule has 0 bridgehead atoms. The van der Waals surface area contributed by atoms with Gasteiger partial charge in [-0.1, -0.05) is 24.3 Å². The SMILES string of the molecule is C/C=C/CC1CC(=O)OC1=O.C/C=C\CC1CC(=O)OC1=O. The minimum absolute atomic E-state index is 0.237. The first-order valence-electron chi connectivity index (χ1n) is 7.19. The molecule has 0 aromatic carbocycles. The first-order chi connectivity index (χ1) is 10.5. The van der Waals surface area contributed by atoms with E-state index in [4.69, 9.17) is 0 Å². The molecule has 2 atom stereocenters. The molecule has 0 N–H and O–H groups in total. The van der Waals surface area contributed by atoms with E-state index in [2.05, 4.69) is 9.47 Å². The van der Waals surface area contributed by atoms with Crippen LogP contribution in [0.1, 0.15) is 39.5 Å². The zero-order chi connectivity index (χ0) is 16.5. The second kappa shape index (κ2) is 8.92. The van der Waals surface area contributed by atoms with Gasteiger partial charge in [0.25, 0.3) is 0 Å². The van der Waals surface area contributed by atoms with Gasteiger partial charge >= 0.3 is 23.9 Å². The van der Waals surface area contributed by atoms with Crippen LogP contribution in [-0.2, 0) is 28.7 Å². The summed E-state index contributed by atoms with van der Waals surface area (Å²) in [5, 5.41) is 0. The Morgan fingerprint density at radius 2 is 1.18 bits per heavy atom. The highest BCUT2D eigenvalue weighted by atomic mass is 16.6. The number of allylic oxidation sites excluding steroid dienone is 4. The lowest BCUT2D eigenvalue weighted by Crippen LogP contribution is -2.05. The van der Waals surface area contributed by atoms with Gasteiger partial charge in [-0.3, -0.25) is 19.2 Å². The number of ether oxygens (including phenoxy) is 2. The van der Waals surface area contributed by atoms with E-state index in [1.165, 1.54) is 0 Å². The topological polar surface area (TPSA) is 86.7 Å². The fraction of sp³-hybridized carbons (Fsp3) is 0.500. The Labute approximate surface area is 129 Å². The molecule has 6 heteroatoms. The number of cyclic esters (lactones) is 4. The van der Waals surface area contributed by atoms with E-state index in [0.29, 0.717) is 12.8 Å². The summed E-state index contributed by atoms with van der Waals surface area (Å²) in [4.78, 5) is 42.7. The molecule has 2 aliphatic heterocycles. The largest absolute Gasteiger partial charge is 0.393 e. The van der Waals surface area contributed by atoms with Gasteiger partial charge in [-0.05, 0) is 26.7 Å². The van der Waals surface area contributed by atoms with Crippen molar-refractivity contribution in [1.82, 2.24) is 0 Å². The molecule has 0 spiro atoms. The lowest BCUT2D eigenvalue weighted by molar-refractivity contribution is -0.154. The van der Waals surface area contributed by atoms with Gasteiger partial charge < -0.3 is 9.47 Å². The zero-order valence-electron chi connectivity index (χ0n) is 12.7. The summed E-state index contributed by atoms with van der Waals surface area (Å²) in [5.41, 5.74) is 0. The summed E-state index contributed by atoms with van der Waals surface area (Å²) in [6.07, 6.45) is 9.15. The second-order valence-corrected chi connectivity index (χ2v) is 5.00. The maximum atomic E-state index is 10.8. The van der Waals surface area contributed by atoms with Gasteiger partial charge in [0.05, 0.1) is 24.7 Å². The van der Waals surface area contributed by atoms with Crippen LogP contribution in [0.5, 0.6) is 0 Å². The summed E-state index contributed by atoms with van der Waals surface area (Å²) in [6.45, 7) is 3.75. The van der Waals surface area contributed by atoms with Crippen molar-refractivity contribution in [3.05, 3.63) is 24.3 Å².